The van der Waals surface area contributed by atoms with Crippen molar-refractivity contribution in [3.8, 4) is 5.75 Å². The van der Waals surface area contributed by atoms with E-state index in [0.29, 0.717) is 0 Å². The molecule has 0 amide bonds. The highest BCUT2D eigenvalue weighted by Gasteiger charge is 2.25. The van der Waals surface area contributed by atoms with E-state index in [1.165, 1.54) is 12.8 Å². The van der Waals surface area contributed by atoms with Gasteiger partial charge in [0.1, 0.15) is 5.75 Å². The van der Waals surface area contributed by atoms with Crippen LogP contribution in [0.2, 0.25) is 0 Å². The molecule has 1 fully saturated rings. The second-order valence-electron chi connectivity index (χ2n) is 4.89. The average Bonchev–Trinajstić information content (AvgIpc) is 3.11. The fourth-order valence-electron chi connectivity index (χ4n) is 2.25. The molecule has 1 aliphatic carbocycles. The molecule has 0 unspecified atom stereocenters. The van der Waals surface area contributed by atoms with Gasteiger partial charge in [0.05, 0.1) is 13.2 Å². The Labute approximate surface area is 103 Å². The number of rotatable bonds is 5. The van der Waals surface area contributed by atoms with Crippen LogP contribution in [-0.2, 0) is 0 Å². The second kappa shape index (κ2) is 4.96. The molecule has 3 heteroatoms. The Morgan fingerprint density at radius 1 is 1.47 bits per heavy atom. The fraction of sp³-hybridized carbons (Fsp3) is 0.571. The normalized spacial score (nSPS) is 16.7. The third-order valence-electron chi connectivity index (χ3n) is 3.32. The van der Waals surface area contributed by atoms with E-state index in [-0.39, 0.29) is 0 Å². The quantitative estimate of drug-likeness (QED) is 0.851. The maximum atomic E-state index is 9.91. The minimum absolute atomic E-state index is 0.511. The summed E-state index contributed by atoms with van der Waals surface area (Å²) in [6, 6.07) is 5.92. The number of ether oxygens (including phenoxy) is 1. The van der Waals surface area contributed by atoms with Crippen molar-refractivity contribution in [2.75, 3.05) is 25.6 Å². The number of benzene rings is 1. The summed E-state index contributed by atoms with van der Waals surface area (Å²) in [6.07, 6.45) is 2.15. The van der Waals surface area contributed by atoms with Crippen LogP contribution in [0.25, 0.3) is 0 Å². The summed E-state index contributed by atoms with van der Waals surface area (Å²) in [5.74, 6) is 1.59. The molecule has 0 bridgehead atoms. The van der Waals surface area contributed by atoms with E-state index in [2.05, 4.69) is 11.9 Å². The third kappa shape index (κ3) is 2.72. The summed E-state index contributed by atoms with van der Waals surface area (Å²) in [4.78, 5) is 2.22. The molecule has 0 saturated heterocycles. The van der Waals surface area contributed by atoms with Gasteiger partial charge in [0, 0.05) is 24.8 Å². The monoisotopic (exact) mass is 235 g/mol. The first kappa shape index (κ1) is 12.2. The fourth-order valence-corrected chi connectivity index (χ4v) is 2.25. The highest BCUT2D eigenvalue weighted by atomic mass is 16.5. The van der Waals surface area contributed by atoms with E-state index in [0.717, 1.165) is 29.5 Å². The van der Waals surface area contributed by atoms with Gasteiger partial charge in [0.25, 0.3) is 0 Å². The lowest BCUT2D eigenvalue weighted by molar-refractivity contribution is 0.194. The number of aliphatic hydroxyl groups is 1. The van der Waals surface area contributed by atoms with E-state index in [1.54, 1.807) is 14.0 Å². The highest BCUT2D eigenvalue weighted by molar-refractivity contribution is 5.60. The average molecular weight is 235 g/mol. The number of nitrogens with zero attached hydrogens (tertiary/aromatic N) is 1. The van der Waals surface area contributed by atoms with Crippen LogP contribution in [0.1, 0.15) is 31.4 Å². The maximum Gasteiger partial charge on any atom is 0.126 e. The number of hydrogen-bond donors (Lipinski definition) is 1. The summed E-state index contributed by atoms with van der Waals surface area (Å²) in [7, 11) is 3.73. The summed E-state index contributed by atoms with van der Waals surface area (Å²) >= 11 is 0. The number of methoxy groups -OCH3 is 1. The van der Waals surface area contributed by atoms with Crippen molar-refractivity contribution in [3.63, 3.8) is 0 Å². The van der Waals surface area contributed by atoms with E-state index >= 15 is 0 Å². The van der Waals surface area contributed by atoms with Crippen LogP contribution in [0, 0.1) is 5.92 Å². The van der Waals surface area contributed by atoms with Gasteiger partial charge in [0.15, 0.2) is 0 Å². The van der Waals surface area contributed by atoms with Crippen LogP contribution >= 0.6 is 0 Å². The number of hydrogen-bond acceptors (Lipinski definition) is 3. The first-order chi connectivity index (χ1) is 8.13. The van der Waals surface area contributed by atoms with Crippen molar-refractivity contribution < 1.29 is 9.84 Å². The molecule has 1 atom stereocenters. The summed E-state index contributed by atoms with van der Waals surface area (Å²) < 4.78 is 5.33. The molecular weight excluding hydrogens is 214 g/mol. The van der Waals surface area contributed by atoms with Crippen molar-refractivity contribution in [2.45, 2.75) is 25.9 Å². The predicted molar refractivity (Wildman–Crippen MR) is 69.6 cm³/mol. The molecule has 0 radical (unpaired) electrons. The molecule has 1 aromatic carbocycles. The minimum Gasteiger partial charge on any atom is -0.496 e. The molecular formula is C14H21NO2. The lowest BCUT2D eigenvalue weighted by Gasteiger charge is -2.25. The summed E-state index contributed by atoms with van der Waals surface area (Å²) in [5, 5.41) is 9.91. The van der Waals surface area contributed by atoms with Crippen molar-refractivity contribution in [3.05, 3.63) is 23.8 Å². The zero-order valence-electron chi connectivity index (χ0n) is 10.8. The van der Waals surface area contributed by atoms with E-state index < -0.39 is 6.10 Å². The second-order valence-corrected chi connectivity index (χ2v) is 4.89. The minimum atomic E-state index is -0.511. The molecule has 1 N–H and O–H groups in total. The van der Waals surface area contributed by atoms with Gasteiger partial charge in [-0.15, -0.1) is 0 Å². The van der Waals surface area contributed by atoms with Gasteiger partial charge in [-0.3, -0.25) is 0 Å². The van der Waals surface area contributed by atoms with Gasteiger partial charge in [-0.25, -0.2) is 0 Å². The zero-order valence-corrected chi connectivity index (χ0v) is 10.8. The maximum absolute atomic E-state index is 9.91. The Hall–Kier alpha value is -1.22. The van der Waals surface area contributed by atoms with Crippen LogP contribution in [-0.4, -0.2) is 25.8 Å². The Morgan fingerprint density at radius 2 is 2.18 bits per heavy atom. The molecule has 94 valence electrons. The molecule has 3 nitrogen and oxygen atoms in total. The molecule has 2 rings (SSSR count). The predicted octanol–water partition coefficient (Wildman–Crippen LogP) is 2.59. The highest BCUT2D eigenvalue weighted by Crippen LogP contribution is 2.36. The van der Waals surface area contributed by atoms with Gasteiger partial charge in [-0.1, -0.05) is 6.07 Å². The van der Waals surface area contributed by atoms with Gasteiger partial charge in [-0.2, -0.15) is 0 Å². The third-order valence-corrected chi connectivity index (χ3v) is 3.32. The lowest BCUT2D eigenvalue weighted by atomic mass is 10.1. The largest absolute Gasteiger partial charge is 0.496 e. The number of anilines is 1. The zero-order chi connectivity index (χ0) is 12.4. The molecule has 17 heavy (non-hydrogen) atoms. The summed E-state index contributed by atoms with van der Waals surface area (Å²) in [6.45, 7) is 2.85. The van der Waals surface area contributed by atoms with Gasteiger partial charge in [-0.05, 0) is 37.8 Å². The van der Waals surface area contributed by atoms with Gasteiger partial charge < -0.3 is 14.7 Å². The molecule has 1 aromatic rings. The van der Waals surface area contributed by atoms with Crippen LogP contribution in [0.5, 0.6) is 5.75 Å². The topological polar surface area (TPSA) is 32.7 Å². The van der Waals surface area contributed by atoms with Crippen LogP contribution < -0.4 is 9.64 Å². The van der Waals surface area contributed by atoms with Crippen LogP contribution in [0.4, 0.5) is 5.69 Å². The standard InChI is InChI=1S/C14H21NO2/c1-10(16)14-12(5-4-6-13(14)17-3)15(2)9-11-7-8-11/h4-6,10-11,16H,7-9H2,1-3H3/t10-/m0/s1. The first-order valence-corrected chi connectivity index (χ1v) is 6.19. The lowest BCUT2D eigenvalue weighted by Crippen LogP contribution is -2.22. The van der Waals surface area contributed by atoms with Crippen molar-refractivity contribution in [1.29, 1.82) is 0 Å². The Morgan fingerprint density at radius 3 is 2.71 bits per heavy atom. The SMILES string of the molecule is COc1cccc(N(C)CC2CC2)c1[C@H](C)O. The Balaban J connectivity index is 2.29. The van der Waals surface area contributed by atoms with Crippen molar-refractivity contribution in [2.24, 2.45) is 5.92 Å². The molecule has 1 saturated carbocycles. The van der Waals surface area contributed by atoms with Gasteiger partial charge in [0.2, 0.25) is 0 Å². The first-order valence-electron chi connectivity index (χ1n) is 6.19. The molecule has 0 aliphatic heterocycles. The molecule has 0 heterocycles. The molecule has 1 aliphatic rings. The van der Waals surface area contributed by atoms with Crippen LogP contribution in [0.15, 0.2) is 18.2 Å². The van der Waals surface area contributed by atoms with Crippen molar-refractivity contribution in [1.82, 2.24) is 0 Å². The van der Waals surface area contributed by atoms with Crippen LogP contribution in [0.3, 0.4) is 0 Å². The Kier molecular flexibility index (Phi) is 3.57. The van der Waals surface area contributed by atoms with E-state index in [9.17, 15) is 5.11 Å². The molecule has 0 spiro atoms. The molecule has 0 aromatic heterocycles. The van der Waals surface area contributed by atoms with Gasteiger partial charge >= 0.3 is 0 Å². The summed E-state index contributed by atoms with van der Waals surface area (Å²) in [5.41, 5.74) is 1.96. The van der Waals surface area contributed by atoms with Crippen molar-refractivity contribution >= 4 is 5.69 Å². The smallest absolute Gasteiger partial charge is 0.126 e. The van der Waals surface area contributed by atoms with E-state index in [4.69, 9.17) is 4.74 Å². The number of aliphatic hydroxyl groups excluding tert-OH is 1. The van der Waals surface area contributed by atoms with E-state index in [1.807, 2.05) is 18.2 Å². The Bertz CT molecular complexity index is 386.